The minimum absolute atomic E-state index is 0.551. The van der Waals surface area contributed by atoms with E-state index in [1.54, 1.807) is 0 Å². The third-order valence-corrected chi connectivity index (χ3v) is 4.79. The van der Waals surface area contributed by atoms with Gasteiger partial charge in [0.2, 0.25) is 0 Å². The lowest BCUT2D eigenvalue weighted by Gasteiger charge is -2.25. The highest BCUT2D eigenvalue weighted by Gasteiger charge is 2.26. The van der Waals surface area contributed by atoms with Crippen molar-refractivity contribution in [2.45, 2.75) is 58.4 Å². The van der Waals surface area contributed by atoms with Crippen molar-refractivity contribution in [1.82, 2.24) is 15.1 Å². The standard InChI is InChI=1S/C15H26ClN3/c1-4-9-17-13(12-7-5-6-8-12)10-14-15(16)11(2)18-19(14)3/h12-13,17H,4-10H2,1-3H3. The van der Waals surface area contributed by atoms with Crippen LogP contribution in [0.5, 0.6) is 0 Å². The zero-order valence-electron chi connectivity index (χ0n) is 12.4. The Morgan fingerprint density at radius 2 is 2.11 bits per heavy atom. The average molecular weight is 284 g/mol. The number of hydrogen-bond acceptors (Lipinski definition) is 2. The monoisotopic (exact) mass is 283 g/mol. The highest BCUT2D eigenvalue weighted by Crippen LogP contribution is 2.31. The average Bonchev–Trinajstić information content (AvgIpc) is 2.98. The van der Waals surface area contributed by atoms with E-state index >= 15 is 0 Å². The van der Waals surface area contributed by atoms with Crippen LogP contribution in [0.3, 0.4) is 0 Å². The number of rotatable bonds is 6. The van der Waals surface area contributed by atoms with Crippen molar-refractivity contribution < 1.29 is 0 Å². The van der Waals surface area contributed by atoms with Gasteiger partial charge in [0, 0.05) is 19.5 Å². The van der Waals surface area contributed by atoms with Crippen LogP contribution in [0.1, 0.15) is 50.4 Å². The Morgan fingerprint density at radius 1 is 1.42 bits per heavy atom. The molecule has 0 amide bonds. The molecule has 0 spiro atoms. The third kappa shape index (κ3) is 3.51. The summed E-state index contributed by atoms with van der Waals surface area (Å²) in [5.41, 5.74) is 2.12. The van der Waals surface area contributed by atoms with Crippen LogP contribution < -0.4 is 5.32 Å². The minimum Gasteiger partial charge on any atom is -0.313 e. The van der Waals surface area contributed by atoms with Crippen LogP contribution in [0.4, 0.5) is 0 Å². The predicted molar refractivity (Wildman–Crippen MR) is 80.7 cm³/mol. The molecular weight excluding hydrogens is 258 g/mol. The smallest absolute Gasteiger partial charge is 0.0847 e. The number of aryl methyl sites for hydroxylation is 2. The number of hydrogen-bond donors (Lipinski definition) is 1. The molecule has 1 aliphatic carbocycles. The summed E-state index contributed by atoms with van der Waals surface area (Å²) in [4.78, 5) is 0. The van der Waals surface area contributed by atoms with Gasteiger partial charge in [0.1, 0.15) is 0 Å². The van der Waals surface area contributed by atoms with Crippen molar-refractivity contribution in [2.24, 2.45) is 13.0 Å². The number of nitrogens with one attached hydrogen (secondary N) is 1. The molecular formula is C15H26ClN3. The first kappa shape index (κ1) is 14.9. The van der Waals surface area contributed by atoms with E-state index in [-0.39, 0.29) is 0 Å². The molecule has 0 aromatic carbocycles. The van der Waals surface area contributed by atoms with E-state index in [4.69, 9.17) is 11.6 Å². The molecule has 1 atom stereocenters. The molecule has 1 aromatic heterocycles. The van der Waals surface area contributed by atoms with Gasteiger partial charge in [0.15, 0.2) is 0 Å². The van der Waals surface area contributed by atoms with Gasteiger partial charge in [-0.2, -0.15) is 5.10 Å². The maximum absolute atomic E-state index is 6.39. The summed E-state index contributed by atoms with van der Waals surface area (Å²) in [6.45, 7) is 5.30. The van der Waals surface area contributed by atoms with Crippen LogP contribution >= 0.6 is 11.6 Å². The van der Waals surface area contributed by atoms with Gasteiger partial charge >= 0.3 is 0 Å². The zero-order valence-corrected chi connectivity index (χ0v) is 13.1. The van der Waals surface area contributed by atoms with E-state index in [9.17, 15) is 0 Å². The van der Waals surface area contributed by atoms with Crippen LogP contribution in [-0.2, 0) is 13.5 Å². The first-order chi connectivity index (χ1) is 9.13. The number of aromatic nitrogens is 2. The van der Waals surface area contributed by atoms with Gasteiger partial charge in [-0.05, 0) is 38.6 Å². The Labute approximate surface area is 121 Å². The largest absolute Gasteiger partial charge is 0.313 e. The molecule has 1 unspecified atom stereocenters. The molecule has 0 aliphatic heterocycles. The Morgan fingerprint density at radius 3 is 2.63 bits per heavy atom. The lowest BCUT2D eigenvalue weighted by Crippen LogP contribution is -2.38. The highest BCUT2D eigenvalue weighted by atomic mass is 35.5. The second kappa shape index (κ2) is 6.76. The second-order valence-corrected chi connectivity index (χ2v) is 6.16. The van der Waals surface area contributed by atoms with Gasteiger partial charge < -0.3 is 5.32 Å². The maximum Gasteiger partial charge on any atom is 0.0847 e. The Hall–Kier alpha value is -0.540. The zero-order chi connectivity index (χ0) is 13.8. The van der Waals surface area contributed by atoms with Gasteiger partial charge in [-0.15, -0.1) is 0 Å². The predicted octanol–water partition coefficient (Wildman–Crippen LogP) is 3.48. The summed E-state index contributed by atoms with van der Waals surface area (Å²) in [6, 6.07) is 0.551. The van der Waals surface area contributed by atoms with Crippen molar-refractivity contribution in [2.75, 3.05) is 6.54 Å². The fourth-order valence-electron chi connectivity index (χ4n) is 3.21. The van der Waals surface area contributed by atoms with Crippen molar-refractivity contribution in [3.63, 3.8) is 0 Å². The maximum atomic E-state index is 6.39. The lowest BCUT2D eigenvalue weighted by molar-refractivity contribution is 0.351. The second-order valence-electron chi connectivity index (χ2n) is 5.78. The van der Waals surface area contributed by atoms with Gasteiger partial charge in [-0.1, -0.05) is 31.4 Å². The fourth-order valence-corrected chi connectivity index (χ4v) is 3.44. The molecule has 1 saturated carbocycles. The van der Waals surface area contributed by atoms with Crippen molar-refractivity contribution >= 4 is 11.6 Å². The Bertz CT molecular complexity index is 408. The molecule has 4 heteroatoms. The summed E-state index contributed by atoms with van der Waals surface area (Å²) < 4.78 is 1.95. The first-order valence-electron chi connectivity index (χ1n) is 7.54. The summed E-state index contributed by atoms with van der Waals surface area (Å²) in [6.07, 6.45) is 7.66. The molecule has 1 aliphatic rings. The summed E-state index contributed by atoms with van der Waals surface area (Å²) >= 11 is 6.39. The molecule has 0 radical (unpaired) electrons. The van der Waals surface area contributed by atoms with Crippen molar-refractivity contribution in [3.8, 4) is 0 Å². The quantitative estimate of drug-likeness (QED) is 0.866. The fraction of sp³-hybridized carbons (Fsp3) is 0.800. The molecule has 1 heterocycles. The van der Waals surface area contributed by atoms with Crippen LogP contribution in [0.2, 0.25) is 5.02 Å². The SMILES string of the molecule is CCCNC(Cc1c(Cl)c(C)nn1C)C1CCCC1. The summed E-state index contributed by atoms with van der Waals surface area (Å²) in [7, 11) is 2.00. The summed E-state index contributed by atoms with van der Waals surface area (Å²) in [5, 5.41) is 9.00. The molecule has 0 bridgehead atoms. The van der Waals surface area contributed by atoms with Gasteiger partial charge in [0.05, 0.1) is 16.4 Å². The van der Waals surface area contributed by atoms with Crippen LogP contribution in [0.25, 0.3) is 0 Å². The molecule has 108 valence electrons. The summed E-state index contributed by atoms with van der Waals surface area (Å²) in [5.74, 6) is 0.804. The van der Waals surface area contributed by atoms with E-state index in [0.717, 1.165) is 29.6 Å². The van der Waals surface area contributed by atoms with Crippen LogP contribution in [0, 0.1) is 12.8 Å². The molecule has 2 rings (SSSR count). The molecule has 3 nitrogen and oxygen atoms in total. The topological polar surface area (TPSA) is 29.9 Å². The molecule has 19 heavy (non-hydrogen) atoms. The van der Waals surface area contributed by atoms with Crippen LogP contribution in [-0.4, -0.2) is 22.4 Å². The van der Waals surface area contributed by atoms with Crippen LogP contribution in [0.15, 0.2) is 0 Å². The van der Waals surface area contributed by atoms with Crippen molar-refractivity contribution in [3.05, 3.63) is 16.4 Å². The van der Waals surface area contributed by atoms with E-state index in [0.29, 0.717) is 6.04 Å². The molecule has 1 aromatic rings. The Kier molecular flexibility index (Phi) is 5.28. The number of halogens is 1. The lowest BCUT2D eigenvalue weighted by atomic mass is 9.93. The van der Waals surface area contributed by atoms with Crippen molar-refractivity contribution in [1.29, 1.82) is 0 Å². The number of nitrogens with zero attached hydrogens (tertiary/aromatic N) is 2. The minimum atomic E-state index is 0.551. The van der Waals surface area contributed by atoms with E-state index < -0.39 is 0 Å². The first-order valence-corrected chi connectivity index (χ1v) is 7.92. The molecule has 1 fully saturated rings. The third-order valence-electron chi connectivity index (χ3n) is 4.30. The highest BCUT2D eigenvalue weighted by molar-refractivity contribution is 6.31. The van der Waals surface area contributed by atoms with Gasteiger partial charge in [-0.25, -0.2) is 0 Å². The van der Waals surface area contributed by atoms with E-state index in [1.165, 1.54) is 37.8 Å². The molecule has 1 N–H and O–H groups in total. The van der Waals surface area contributed by atoms with E-state index in [2.05, 4.69) is 17.3 Å². The Balaban J connectivity index is 2.09. The normalized spacial score (nSPS) is 18.1. The van der Waals surface area contributed by atoms with Gasteiger partial charge in [-0.3, -0.25) is 4.68 Å². The van der Waals surface area contributed by atoms with E-state index in [1.807, 2.05) is 18.7 Å². The molecule has 0 saturated heterocycles. The van der Waals surface area contributed by atoms with Gasteiger partial charge in [0.25, 0.3) is 0 Å².